The van der Waals surface area contributed by atoms with Crippen LogP contribution in [0.4, 0.5) is 16.5 Å². The number of carbonyl (C=O) groups is 4. The van der Waals surface area contributed by atoms with E-state index < -0.39 is 17.8 Å². The molecule has 184 valence electrons. The number of halogens is 1. The number of rotatable bonds is 9. The fourth-order valence-electron chi connectivity index (χ4n) is 3.31. The SMILES string of the molecule is CCCCOC(=O)c1cccc(N2C(=O)C(Cl)=C(Nc3ccc(C(=O)Nc4nccs4)cc3)C2=O)c1. The molecule has 11 heteroatoms. The average molecular weight is 525 g/mol. The van der Waals surface area contributed by atoms with E-state index in [1.165, 1.54) is 23.5 Å². The molecule has 0 fully saturated rings. The number of anilines is 3. The number of hydrogen-bond acceptors (Lipinski definition) is 8. The van der Waals surface area contributed by atoms with Gasteiger partial charge in [0.1, 0.15) is 10.7 Å². The molecule has 0 unspecified atom stereocenters. The second-order valence-electron chi connectivity index (χ2n) is 7.67. The van der Waals surface area contributed by atoms with Crippen molar-refractivity contribution in [3.63, 3.8) is 0 Å². The van der Waals surface area contributed by atoms with Gasteiger partial charge in [0.25, 0.3) is 17.7 Å². The number of hydrogen-bond donors (Lipinski definition) is 2. The fourth-order valence-corrected chi connectivity index (χ4v) is 4.05. The lowest BCUT2D eigenvalue weighted by molar-refractivity contribution is -0.120. The summed E-state index contributed by atoms with van der Waals surface area (Å²) in [5.41, 5.74) is 1.13. The normalized spacial score (nSPS) is 13.2. The number of nitrogens with one attached hydrogen (secondary N) is 2. The third-order valence-electron chi connectivity index (χ3n) is 5.17. The van der Waals surface area contributed by atoms with Crippen molar-refractivity contribution in [3.05, 3.63) is 82.0 Å². The van der Waals surface area contributed by atoms with Gasteiger partial charge in [-0.15, -0.1) is 11.3 Å². The minimum atomic E-state index is -0.722. The van der Waals surface area contributed by atoms with Gasteiger partial charge < -0.3 is 10.1 Å². The molecule has 2 aromatic carbocycles. The lowest BCUT2D eigenvalue weighted by Gasteiger charge is -2.16. The molecule has 4 rings (SSSR count). The minimum Gasteiger partial charge on any atom is -0.462 e. The first kappa shape index (κ1) is 25.1. The van der Waals surface area contributed by atoms with Crippen LogP contribution in [-0.2, 0) is 14.3 Å². The summed E-state index contributed by atoms with van der Waals surface area (Å²) in [5.74, 6) is -2.27. The zero-order valence-electron chi connectivity index (χ0n) is 19.1. The third-order valence-corrected chi connectivity index (χ3v) is 6.21. The Morgan fingerprint density at radius 2 is 1.86 bits per heavy atom. The summed E-state index contributed by atoms with van der Waals surface area (Å²) in [6.07, 6.45) is 3.20. The Morgan fingerprint density at radius 3 is 2.56 bits per heavy atom. The summed E-state index contributed by atoms with van der Waals surface area (Å²) in [5, 5.41) is 7.47. The lowest BCUT2D eigenvalue weighted by Crippen LogP contribution is -2.32. The molecule has 0 bridgehead atoms. The highest BCUT2D eigenvalue weighted by molar-refractivity contribution is 7.13. The van der Waals surface area contributed by atoms with Gasteiger partial charge >= 0.3 is 5.97 Å². The van der Waals surface area contributed by atoms with E-state index in [2.05, 4.69) is 15.6 Å². The minimum absolute atomic E-state index is 0.113. The molecule has 1 aliphatic heterocycles. The van der Waals surface area contributed by atoms with Crippen LogP contribution < -0.4 is 15.5 Å². The van der Waals surface area contributed by atoms with Crippen LogP contribution in [0, 0.1) is 0 Å². The van der Waals surface area contributed by atoms with Crippen LogP contribution in [0.5, 0.6) is 0 Å². The second-order valence-corrected chi connectivity index (χ2v) is 8.94. The molecular formula is C25H21ClN4O5S. The molecule has 0 atom stereocenters. The number of esters is 1. The van der Waals surface area contributed by atoms with Crippen molar-refractivity contribution in [1.29, 1.82) is 0 Å². The van der Waals surface area contributed by atoms with Crippen molar-refractivity contribution in [2.24, 2.45) is 0 Å². The average Bonchev–Trinajstić information content (AvgIpc) is 3.47. The summed E-state index contributed by atoms with van der Waals surface area (Å²) in [6, 6.07) is 12.3. The van der Waals surface area contributed by atoms with E-state index in [0.717, 1.165) is 17.7 Å². The summed E-state index contributed by atoms with van der Waals surface area (Å²) in [6.45, 7) is 2.27. The standard InChI is InChI=1S/C25H21ClN4O5S/c1-2-3-12-35-24(34)16-5-4-6-18(14-16)30-22(32)19(26)20(23(30)33)28-17-9-7-15(8-10-17)21(31)29-25-27-11-13-36-25/h4-11,13-14,28H,2-3,12H2,1H3,(H,27,29,31). The van der Waals surface area contributed by atoms with E-state index >= 15 is 0 Å². The van der Waals surface area contributed by atoms with Gasteiger partial charge in [0.2, 0.25) is 0 Å². The number of imide groups is 1. The molecule has 36 heavy (non-hydrogen) atoms. The number of aromatic nitrogens is 1. The Balaban J connectivity index is 1.46. The van der Waals surface area contributed by atoms with Gasteiger partial charge in [-0.25, -0.2) is 14.7 Å². The first-order valence-electron chi connectivity index (χ1n) is 11.0. The maximum Gasteiger partial charge on any atom is 0.338 e. The predicted octanol–water partition coefficient (Wildman–Crippen LogP) is 4.79. The number of ether oxygens (including phenoxy) is 1. The highest BCUT2D eigenvalue weighted by atomic mass is 35.5. The molecule has 0 radical (unpaired) electrons. The van der Waals surface area contributed by atoms with Crippen LogP contribution in [0.25, 0.3) is 0 Å². The highest BCUT2D eigenvalue weighted by Gasteiger charge is 2.39. The van der Waals surface area contributed by atoms with Crippen LogP contribution >= 0.6 is 22.9 Å². The Morgan fingerprint density at radius 1 is 1.08 bits per heavy atom. The van der Waals surface area contributed by atoms with E-state index in [4.69, 9.17) is 16.3 Å². The van der Waals surface area contributed by atoms with Crippen molar-refractivity contribution in [2.45, 2.75) is 19.8 Å². The Hall–Kier alpha value is -4.02. The van der Waals surface area contributed by atoms with Crippen LogP contribution in [-0.4, -0.2) is 35.3 Å². The third kappa shape index (κ3) is 5.45. The molecular weight excluding hydrogens is 504 g/mol. The molecule has 0 saturated heterocycles. The van der Waals surface area contributed by atoms with Crippen LogP contribution in [0.15, 0.2) is 70.8 Å². The van der Waals surface area contributed by atoms with Crippen molar-refractivity contribution in [2.75, 3.05) is 22.1 Å². The highest BCUT2D eigenvalue weighted by Crippen LogP contribution is 2.31. The Labute approximate surface area is 215 Å². The first-order valence-corrected chi connectivity index (χ1v) is 12.3. The molecule has 2 N–H and O–H groups in total. The summed E-state index contributed by atoms with van der Waals surface area (Å²) >= 11 is 7.51. The number of thiazole rings is 1. The van der Waals surface area contributed by atoms with Gasteiger partial charge in [-0.2, -0.15) is 0 Å². The first-order chi connectivity index (χ1) is 17.4. The molecule has 1 aliphatic rings. The molecule has 1 aromatic heterocycles. The van der Waals surface area contributed by atoms with E-state index in [-0.39, 0.29) is 34.5 Å². The van der Waals surface area contributed by atoms with Gasteiger partial charge in [0.15, 0.2) is 5.13 Å². The number of benzene rings is 2. The number of unbranched alkanes of at least 4 members (excludes halogenated alkanes) is 1. The van der Waals surface area contributed by atoms with Gasteiger partial charge in [-0.1, -0.05) is 31.0 Å². The summed E-state index contributed by atoms with van der Waals surface area (Å²) in [7, 11) is 0. The van der Waals surface area contributed by atoms with Gasteiger partial charge in [-0.3, -0.25) is 19.7 Å². The second kappa shape index (κ2) is 11.1. The monoisotopic (exact) mass is 524 g/mol. The fraction of sp³-hybridized carbons (Fsp3) is 0.160. The van der Waals surface area contributed by atoms with Crippen molar-refractivity contribution in [1.82, 2.24) is 4.98 Å². The van der Waals surface area contributed by atoms with E-state index in [1.807, 2.05) is 6.92 Å². The predicted molar refractivity (Wildman–Crippen MR) is 137 cm³/mol. The molecule has 2 heterocycles. The van der Waals surface area contributed by atoms with Gasteiger partial charge in [-0.05, 0) is 48.9 Å². The smallest absolute Gasteiger partial charge is 0.338 e. The Bertz CT molecular complexity index is 1340. The summed E-state index contributed by atoms with van der Waals surface area (Å²) in [4.78, 5) is 55.4. The number of nitrogens with zero attached hydrogens (tertiary/aromatic N) is 2. The van der Waals surface area contributed by atoms with E-state index in [0.29, 0.717) is 16.4 Å². The number of amides is 3. The molecule has 0 aliphatic carbocycles. The lowest BCUT2D eigenvalue weighted by atomic mass is 10.2. The summed E-state index contributed by atoms with van der Waals surface area (Å²) < 4.78 is 5.21. The topological polar surface area (TPSA) is 118 Å². The maximum absolute atomic E-state index is 13.1. The quantitative estimate of drug-likeness (QED) is 0.235. The maximum atomic E-state index is 13.1. The van der Waals surface area contributed by atoms with Crippen LogP contribution in [0.2, 0.25) is 0 Å². The molecule has 3 aromatic rings. The van der Waals surface area contributed by atoms with E-state index in [9.17, 15) is 19.2 Å². The molecule has 0 saturated carbocycles. The van der Waals surface area contributed by atoms with Crippen LogP contribution in [0.1, 0.15) is 40.5 Å². The van der Waals surface area contributed by atoms with E-state index in [1.54, 1.807) is 48.0 Å². The zero-order chi connectivity index (χ0) is 25.7. The van der Waals surface area contributed by atoms with Crippen molar-refractivity contribution in [3.8, 4) is 0 Å². The largest absolute Gasteiger partial charge is 0.462 e. The van der Waals surface area contributed by atoms with Gasteiger partial charge in [0, 0.05) is 22.8 Å². The number of carbonyl (C=O) groups excluding carboxylic acids is 4. The molecule has 9 nitrogen and oxygen atoms in total. The zero-order valence-corrected chi connectivity index (χ0v) is 20.7. The molecule has 0 spiro atoms. The van der Waals surface area contributed by atoms with Crippen molar-refractivity contribution < 1.29 is 23.9 Å². The van der Waals surface area contributed by atoms with Crippen molar-refractivity contribution >= 4 is 63.1 Å². The van der Waals surface area contributed by atoms with Crippen LogP contribution in [0.3, 0.4) is 0 Å². The Kier molecular flexibility index (Phi) is 7.77. The van der Waals surface area contributed by atoms with Gasteiger partial charge in [0.05, 0.1) is 17.9 Å². The molecule has 3 amide bonds.